The van der Waals surface area contributed by atoms with Crippen molar-refractivity contribution in [1.82, 2.24) is 0 Å². The predicted molar refractivity (Wildman–Crippen MR) is 45.8 cm³/mol. The Balaban J connectivity index is 2.68. The number of amides is 1. The van der Waals surface area contributed by atoms with Crippen molar-refractivity contribution in [3.63, 3.8) is 0 Å². The molecule has 1 aromatic rings. The molecule has 0 fully saturated rings. The molecule has 0 heterocycles. The minimum atomic E-state index is -0.539. The Hall–Kier alpha value is -2.02. The molecular weight excluding hydrogens is 168 g/mol. The second kappa shape index (κ2) is 4.12. The molecule has 13 heavy (non-hydrogen) atoms. The summed E-state index contributed by atoms with van der Waals surface area (Å²) in [5, 5.41) is 8.54. The summed E-state index contributed by atoms with van der Waals surface area (Å²) in [6, 6.07) is 8.49. The van der Waals surface area contributed by atoms with Gasteiger partial charge in [0.15, 0.2) is 6.61 Å². The fraction of sp³-hybridized carbons (Fsp3) is 0.111. The third-order valence-electron chi connectivity index (χ3n) is 1.34. The molecule has 0 spiro atoms. The lowest BCUT2D eigenvalue weighted by atomic mass is 10.2. The van der Waals surface area contributed by atoms with E-state index >= 15 is 0 Å². The molecule has 0 radical (unpaired) electrons. The largest absolute Gasteiger partial charge is 0.484 e. The van der Waals surface area contributed by atoms with Crippen LogP contribution in [0.15, 0.2) is 24.3 Å². The van der Waals surface area contributed by atoms with Crippen molar-refractivity contribution in [1.29, 1.82) is 5.26 Å². The number of ether oxygens (including phenoxy) is 1. The van der Waals surface area contributed by atoms with Crippen molar-refractivity contribution in [2.45, 2.75) is 0 Å². The number of carbonyl (C=O) groups excluding carboxylic acids is 1. The molecule has 0 atom stereocenters. The van der Waals surface area contributed by atoms with Crippen LogP contribution in [0.5, 0.6) is 5.75 Å². The fourth-order valence-electron chi connectivity index (χ4n) is 0.810. The summed E-state index contributed by atoms with van der Waals surface area (Å²) < 4.78 is 4.98. The zero-order valence-electron chi connectivity index (χ0n) is 6.86. The summed E-state index contributed by atoms with van der Waals surface area (Å²) in [6.45, 7) is -0.172. The van der Waals surface area contributed by atoms with Gasteiger partial charge in [0.25, 0.3) is 5.91 Å². The van der Waals surface area contributed by atoms with E-state index in [1.807, 2.05) is 6.07 Å². The highest BCUT2D eigenvalue weighted by Crippen LogP contribution is 2.11. The average molecular weight is 176 g/mol. The number of nitrogens with zero attached hydrogens (tertiary/aromatic N) is 1. The number of hydrogen-bond donors (Lipinski definition) is 1. The van der Waals surface area contributed by atoms with Crippen LogP contribution in [0.4, 0.5) is 0 Å². The smallest absolute Gasteiger partial charge is 0.255 e. The normalized spacial score (nSPS) is 8.85. The highest BCUT2D eigenvalue weighted by atomic mass is 16.5. The second-order valence-electron chi connectivity index (χ2n) is 2.39. The van der Waals surface area contributed by atoms with Crippen LogP contribution in [-0.4, -0.2) is 12.5 Å². The first-order valence-electron chi connectivity index (χ1n) is 3.63. The number of benzene rings is 1. The molecule has 1 amide bonds. The Kier molecular flexibility index (Phi) is 2.87. The Morgan fingerprint density at radius 2 is 2.38 bits per heavy atom. The molecule has 0 aliphatic rings. The van der Waals surface area contributed by atoms with Gasteiger partial charge in [-0.25, -0.2) is 0 Å². The Bertz CT molecular complexity index is 355. The fourth-order valence-corrected chi connectivity index (χ4v) is 0.810. The third-order valence-corrected chi connectivity index (χ3v) is 1.34. The van der Waals surface area contributed by atoms with Crippen molar-refractivity contribution in [2.75, 3.05) is 6.61 Å². The van der Waals surface area contributed by atoms with Gasteiger partial charge in [0, 0.05) is 0 Å². The van der Waals surface area contributed by atoms with Gasteiger partial charge in [0.05, 0.1) is 11.6 Å². The Morgan fingerprint density at radius 1 is 1.62 bits per heavy atom. The molecule has 66 valence electrons. The molecule has 1 aromatic carbocycles. The average Bonchev–Trinajstić information content (AvgIpc) is 2.15. The van der Waals surface area contributed by atoms with Crippen LogP contribution in [0.2, 0.25) is 0 Å². The third kappa shape index (κ3) is 2.83. The molecule has 2 N–H and O–H groups in total. The summed E-state index contributed by atoms with van der Waals surface area (Å²) >= 11 is 0. The first-order chi connectivity index (χ1) is 6.22. The van der Waals surface area contributed by atoms with Crippen molar-refractivity contribution in [2.24, 2.45) is 5.73 Å². The van der Waals surface area contributed by atoms with E-state index in [4.69, 9.17) is 15.7 Å². The second-order valence-corrected chi connectivity index (χ2v) is 2.39. The summed E-state index contributed by atoms with van der Waals surface area (Å²) in [6.07, 6.45) is 0. The molecule has 0 aliphatic heterocycles. The zero-order valence-corrected chi connectivity index (χ0v) is 6.86. The van der Waals surface area contributed by atoms with E-state index in [9.17, 15) is 4.79 Å². The van der Waals surface area contributed by atoms with E-state index in [0.717, 1.165) is 0 Å². The molecule has 0 bridgehead atoms. The van der Waals surface area contributed by atoms with Crippen LogP contribution >= 0.6 is 0 Å². The van der Waals surface area contributed by atoms with Gasteiger partial charge in [-0.3, -0.25) is 4.79 Å². The molecular formula is C9H8N2O2. The first kappa shape index (κ1) is 9.07. The molecule has 0 aliphatic carbocycles. The summed E-state index contributed by atoms with van der Waals surface area (Å²) in [4.78, 5) is 10.4. The van der Waals surface area contributed by atoms with Crippen LogP contribution in [0.1, 0.15) is 5.56 Å². The van der Waals surface area contributed by atoms with Crippen LogP contribution in [0.25, 0.3) is 0 Å². The summed E-state index contributed by atoms with van der Waals surface area (Å²) in [5.41, 5.74) is 5.37. The van der Waals surface area contributed by atoms with Gasteiger partial charge in [0.2, 0.25) is 0 Å². The standard InChI is InChI=1S/C9H8N2O2/c10-5-7-2-1-3-8(4-7)13-6-9(11)12/h1-4H,6H2,(H2,11,12). The predicted octanol–water partition coefficient (Wildman–Crippen LogP) is 0.422. The van der Waals surface area contributed by atoms with Crippen LogP contribution in [0, 0.1) is 11.3 Å². The van der Waals surface area contributed by atoms with Crippen molar-refractivity contribution in [3.05, 3.63) is 29.8 Å². The lowest BCUT2D eigenvalue weighted by molar-refractivity contribution is -0.119. The lowest BCUT2D eigenvalue weighted by Crippen LogP contribution is -2.19. The summed E-state index contributed by atoms with van der Waals surface area (Å²) in [7, 11) is 0. The summed E-state index contributed by atoms with van der Waals surface area (Å²) in [5.74, 6) is -0.0692. The number of nitrogens with two attached hydrogens (primary N) is 1. The molecule has 0 unspecified atom stereocenters. The number of nitriles is 1. The highest BCUT2D eigenvalue weighted by Gasteiger charge is 1.97. The minimum absolute atomic E-state index is 0.172. The zero-order chi connectivity index (χ0) is 9.68. The number of carbonyl (C=O) groups is 1. The van der Waals surface area contributed by atoms with Crippen molar-refractivity contribution in [3.8, 4) is 11.8 Å². The molecule has 0 saturated heterocycles. The number of rotatable bonds is 3. The van der Waals surface area contributed by atoms with Crippen molar-refractivity contribution >= 4 is 5.91 Å². The van der Waals surface area contributed by atoms with E-state index in [1.165, 1.54) is 0 Å². The molecule has 4 heteroatoms. The van der Waals surface area contributed by atoms with Gasteiger partial charge in [-0.15, -0.1) is 0 Å². The molecule has 0 saturated carbocycles. The topological polar surface area (TPSA) is 76.1 Å². The van der Waals surface area contributed by atoms with E-state index in [0.29, 0.717) is 11.3 Å². The molecule has 0 aromatic heterocycles. The van der Waals surface area contributed by atoms with Gasteiger partial charge in [-0.05, 0) is 18.2 Å². The Labute approximate surface area is 75.5 Å². The lowest BCUT2D eigenvalue weighted by Gasteiger charge is -2.02. The van der Waals surface area contributed by atoms with E-state index in [-0.39, 0.29) is 6.61 Å². The van der Waals surface area contributed by atoms with Gasteiger partial charge in [-0.1, -0.05) is 6.07 Å². The van der Waals surface area contributed by atoms with Gasteiger partial charge in [0.1, 0.15) is 5.75 Å². The Morgan fingerprint density at radius 3 is 3.00 bits per heavy atom. The van der Waals surface area contributed by atoms with E-state index < -0.39 is 5.91 Å². The maximum Gasteiger partial charge on any atom is 0.255 e. The van der Waals surface area contributed by atoms with Crippen LogP contribution < -0.4 is 10.5 Å². The SMILES string of the molecule is N#Cc1cccc(OCC(N)=O)c1. The van der Waals surface area contributed by atoms with Crippen LogP contribution in [0.3, 0.4) is 0 Å². The quantitative estimate of drug-likeness (QED) is 0.725. The van der Waals surface area contributed by atoms with E-state index in [1.54, 1.807) is 24.3 Å². The first-order valence-corrected chi connectivity index (χ1v) is 3.63. The van der Waals surface area contributed by atoms with Crippen LogP contribution in [-0.2, 0) is 4.79 Å². The maximum absolute atomic E-state index is 10.4. The van der Waals surface area contributed by atoms with Gasteiger partial charge < -0.3 is 10.5 Å². The minimum Gasteiger partial charge on any atom is -0.484 e. The van der Waals surface area contributed by atoms with E-state index in [2.05, 4.69) is 0 Å². The van der Waals surface area contributed by atoms with Crippen molar-refractivity contribution < 1.29 is 9.53 Å². The highest BCUT2D eigenvalue weighted by molar-refractivity contribution is 5.75. The monoisotopic (exact) mass is 176 g/mol. The molecule has 4 nitrogen and oxygen atoms in total. The number of hydrogen-bond acceptors (Lipinski definition) is 3. The maximum atomic E-state index is 10.4. The molecule has 1 rings (SSSR count). The van der Waals surface area contributed by atoms with Gasteiger partial charge >= 0.3 is 0 Å². The number of primary amides is 1. The van der Waals surface area contributed by atoms with Gasteiger partial charge in [-0.2, -0.15) is 5.26 Å².